The minimum absolute atomic E-state index is 0. The molecule has 2 aromatic heterocycles. The summed E-state index contributed by atoms with van der Waals surface area (Å²) in [4.78, 5) is 12.7. The van der Waals surface area contributed by atoms with Crippen LogP contribution in [0.15, 0.2) is 55.3 Å². The van der Waals surface area contributed by atoms with Crippen LogP contribution < -0.4 is 4.81 Å². The molecule has 0 N–H and O–H groups in total. The molecule has 3 heterocycles. The van der Waals surface area contributed by atoms with Gasteiger partial charge in [-0.05, 0) is 49.2 Å². The van der Waals surface area contributed by atoms with Gasteiger partial charge in [-0.25, -0.2) is 4.98 Å². The first-order chi connectivity index (χ1) is 9.74. The number of hydrogen-bond donors (Lipinski definition) is 0. The summed E-state index contributed by atoms with van der Waals surface area (Å²) in [6, 6.07) is 8.55. The summed E-state index contributed by atoms with van der Waals surface area (Å²) in [5.74, 6) is 0.915. The van der Waals surface area contributed by atoms with Crippen LogP contribution >= 0.6 is 0 Å². The Kier molecular flexibility index (Phi) is 5.15. The number of anilines is 1. The second kappa shape index (κ2) is 6.88. The van der Waals surface area contributed by atoms with Gasteiger partial charge < -0.3 is 9.62 Å². The molecular formula is C15H16BIrN4. The van der Waals surface area contributed by atoms with Crippen LogP contribution in [0.2, 0.25) is 0 Å². The van der Waals surface area contributed by atoms with Gasteiger partial charge in [-0.15, -0.1) is 0 Å². The fourth-order valence-corrected chi connectivity index (χ4v) is 2.09. The van der Waals surface area contributed by atoms with Crippen molar-refractivity contribution < 1.29 is 20.1 Å². The molecule has 0 fully saturated rings. The van der Waals surface area contributed by atoms with Crippen molar-refractivity contribution in [3.8, 4) is 11.1 Å². The number of aromatic nitrogens is 2. The Hall–Kier alpha value is -1.65. The van der Waals surface area contributed by atoms with Gasteiger partial charge in [0.15, 0.2) is 0 Å². The van der Waals surface area contributed by atoms with E-state index in [1.54, 1.807) is 12.4 Å². The van der Waals surface area contributed by atoms with Gasteiger partial charge in [-0.2, -0.15) is 0 Å². The number of rotatable bonds is 3. The van der Waals surface area contributed by atoms with Gasteiger partial charge in [0.2, 0.25) is 0 Å². The van der Waals surface area contributed by atoms with Crippen LogP contribution in [0.5, 0.6) is 0 Å². The summed E-state index contributed by atoms with van der Waals surface area (Å²) in [5, 5.41) is 0. The maximum absolute atomic E-state index is 4.44. The number of pyridine rings is 2. The topological polar surface area (TPSA) is 32.3 Å². The Morgan fingerprint density at radius 2 is 1.71 bits per heavy atom. The first kappa shape index (κ1) is 15.7. The molecule has 1 aliphatic rings. The van der Waals surface area contributed by atoms with Crippen LogP contribution in [0, 0.1) is 0 Å². The van der Waals surface area contributed by atoms with Crippen molar-refractivity contribution in [1.82, 2.24) is 14.8 Å². The molecule has 108 valence electrons. The molecule has 0 aromatic carbocycles. The van der Waals surface area contributed by atoms with E-state index < -0.39 is 0 Å². The normalized spacial score (nSPS) is 13.3. The molecule has 0 spiro atoms. The molecule has 21 heavy (non-hydrogen) atoms. The van der Waals surface area contributed by atoms with E-state index in [0.717, 1.165) is 16.9 Å². The summed E-state index contributed by atoms with van der Waals surface area (Å²) >= 11 is 0. The summed E-state index contributed by atoms with van der Waals surface area (Å²) in [5.41, 5.74) is 2.29. The van der Waals surface area contributed by atoms with E-state index in [1.165, 1.54) is 0 Å². The first-order valence-electron chi connectivity index (χ1n) is 6.69. The maximum atomic E-state index is 4.44. The van der Waals surface area contributed by atoms with Crippen molar-refractivity contribution >= 4 is 13.4 Å². The SMILES string of the molecule is CC(C)N1[B]N(c2cc(-c3ccncc3)ccn2)C=C1.[Ir]. The van der Waals surface area contributed by atoms with Gasteiger partial charge in [0.1, 0.15) is 5.82 Å². The second-order valence-electron chi connectivity index (χ2n) is 5.00. The second-order valence-corrected chi connectivity index (χ2v) is 5.00. The van der Waals surface area contributed by atoms with Crippen molar-refractivity contribution in [3.63, 3.8) is 0 Å². The minimum Gasteiger partial charge on any atom is -0.401 e. The zero-order valence-corrected chi connectivity index (χ0v) is 14.4. The molecule has 6 heteroatoms. The molecule has 1 aliphatic heterocycles. The van der Waals surface area contributed by atoms with Gasteiger partial charge in [0.05, 0.1) is 0 Å². The third-order valence-corrected chi connectivity index (χ3v) is 3.28. The van der Waals surface area contributed by atoms with Crippen LogP contribution in [0.1, 0.15) is 13.8 Å². The number of hydrogen-bond acceptors (Lipinski definition) is 4. The van der Waals surface area contributed by atoms with Gasteiger partial charge in [0, 0.05) is 57.1 Å². The largest absolute Gasteiger partial charge is 0.401 e. The Morgan fingerprint density at radius 1 is 1.00 bits per heavy atom. The van der Waals surface area contributed by atoms with E-state index in [4.69, 9.17) is 0 Å². The maximum Gasteiger partial charge on any atom is 0.396 e. The van der Waals surface area contributed by atoms with Crippen molar-refractivity contribution in [2.45, 2.75) is 19.9 Å². The predicted octanol–water partition coefficient (Wildman–Crippen LogP) is 2.68. The van der Waals surface area contributed by atoms with Crippen LogP contribution in [-0.4, -0.2) is 28.4 Å². The fraction of sp³-hybridized carbons (Fsp3) is 0.200. The van der Waals surface area contributed by atoms with Crippen LogP contribution in [0.3, 0.4) is 0 Å². The average molecular weight is 455 g/mol. The molecule has 0 amide bonds. The molecule has 0 atom stereocenters. The third-order valence-electron chi connectivity index (χ3n) is 3.28. The molecule has 0 aliphatic carbocycles. The smallest absolute Gasteiger partial charge is 0.396 e. The Balaban J connectivity index is 0.00000161. The van der Waals surface area contributed by atoms with Gasteiger partial charge >= 0.3 is 7.55 Å². The quantitative estimate of drug-likeness (QED) is 0.667. The van der Waals surface area contributed by atoms with E-state index >= 15 is 0 Å². The molecule has 0 unspecified atom stereocenters. The number of nitrogens with zero attached hydrogens (tertiary/aromatic N) is 4. The molecule has 2 radical (unpaired) electrons. The summed E-state index contributed by atoms with van der Waals surface area (Å²) < 4.78 is 0. The van der Waals surface area contributed by atoms with E-state index in [0.29, 0.717) is 6.04 Å². The molecule has 0 saturated heterocycles. The summed E-state index contributed by atoms with van der Waals surface area (Å²) in [7, 11) is 2.06. The monoisotopic (exact) mass is 456 g/mol. The average Bonchev–Trinajstić information content (AvgIpc) is 2.98. The van der Waals surface area contributed by atoms with Gasteiger partial charge in [-0.3, -0.25) is 4.98 Å². The zero-order chi connectivity index (χ0) is 13.9. The van der Waals surface area contributed by atoms with Crippen LogP contribution in [0.25, 0.3) is 11.1 Å². The predicted molar refractivity (Wildman–Crippen MR) is 81.8 cm³/mol. The van der Waals surface area contributed by atoms with Crippen LogP contribution in [-0.2, 0) is 20.1 Å². The van der Waals surface area contributed by atoms with E-state index in [1.807, 2.05) is 35.4 Å². The molecule has 4 nitrogen and oxygen atoms in total. The Labute approximate surface area is 139 Å². The van der Waals surface area contributed by atoms with Crippen molar-refractivity contribution in [3.05, 3.63) is 55.3 Å². The van der Waals surface area contributed by atoms with E-state index in [2.05, 4.69) is 48.4 Å². The van der Waals surface area contributed by atoms with Crippen LogP contribution in [0.4, 0.5) is 5.82 Å². The van der Waals surface area contributed by atoms with Gasteiger partial charge in [-0.1, -0.05) is 0 Å². The van der Waals surface area contributed by atoms with E-state index in [9.17, 15) is 0 Å². The van der Waals surface area contributed by atoms with E-state index in [-0.39, 0.29) is 20.1 Å². The minimum atomic E-state index is 0. The van der Waals surface area contributed by atoms with Crippen molar-refractivity contribution in [2.24, 2.45) is 0 Å². The Bertz CT molecular complexity index is 618. The fourth-order valence-electron chi connectivity index (χ4n) is 2.09. The summed E-state index contributed by atoms with van der Waals surface area (Å²) in [6.45, 7) is 4.32. The molecule has 3 rings (SSSR count). The van der Waals surface area contributed by atoms with Gasteiger partial charge in [0.25, 0.3) is 0 Å². The molecule has 0 bridgehead atoms. The Morgan fingerprint density at radius 3 is 2.38 bits per heavy atom. The standard InChI is InChI=1S/C15H16BN4.Ir/c1-12(2)19-9-10-20(16-19)15-11-14(5-8-18-15)13-3-6-17-7-4-13;/h3-12H,1-2H3;. The molecule has 0 saturated carbocycles. The third kappa shape index (κ3) is 3.52. The first-order valence-corrected chi connectivity index (χ1v) is 6.69. The van der Waals surface area contributed by atoms with Crippen molar-refractivity contribution in [1.29, 1.82) is 0 Å². The molecule has 2 aromatic rings. The zero-order valence-electron chi connectivity index (χ0n) is 12.0. The van der Waals surface area contributed by atoms with Crippen molar-refractivity contribution in [2.75, 3.05) is 4.81 Å². The molecular weight excluding hydrogens is 439 g/mol. The summed E-state index contributed by atoms with van der Waals surface area (Å²) in [6.07, 6.45) is 9.53.